The van der Waals surface area contributed by atoms with Gasteiger partial charge in [0.15, 0.2) is 6.29 Å². The molecule has 0 aromatic carbocycles. The predicted molar refractivity (Wildman–Crippen MR) is 127 cm³/mol. The maximum absolute atomic E-state index is 11.6. The molecule has 0 amide bonds. The third kappa shape index (κ3) is 5.76. The van der Waals surface area contributed by atoms with E-state index in [2.05, 4.69) is 23.2 Å². The van der Waals surface area contributed by atoms with Crippen LogP contribution in [0.25, 0.3) is 10.2 Å². The lowest BCUT2D eigenvalue weighted by Gasteiger charge is -2.16. The van der Waals surface area contributed by atoms with E-state index >= 15 is 0 Å². The second-order valence-electron chi connectivity index (χ2n) is 6.86. The average Bonchev–Trinajstić information content (AvgIpc) is 3.16. The largest absolute Gasteiger partial charge is 0.377 e. The SMILES string of the molecule is CC.CN(C=Nc1c(C=O)sc2nccc(N(C)C)c12)C1=C/CCCCC/C=C\1. The first-order valence-corrected chi connectivity index (χ1v) is 11.1. The molecule has 1 aliphatic rings. The molecule has 156 valence electrons. The summed E-state index contributed by atoms with van der Waals surface area (Å²) < 4.78 is 0. The van der Waals surface area contributed by atoms with Crippen LogP contribution >= 0.6 is 11.3 Å². The van der Waals surface area contributed by atoms with Crippen LogP contribution in [-0.2, 0) is 0 Å². The Balaban J connectivity index is 0.00000145. The maximum atomic E-state index is 11.6. The number of pyridine rings is 1. The Hall–Kier alpha value is -2.47. The van der Waals surface area contributed by atoms with Crippen molar-refractivity contribution in [3.05, 3.63) is 41.1 Å². The third-order valence-electron chi connectivity index (χ3n) is 4.64. The first kappa shape index (κ1) is 22.8. The number of aldehydes is 1. The van der Waals surface area contributed by atoms with Gasteiger partial charge in [-0.3, -0.25) is 4.79 Å². The lowest BCUT2D eigenvalue weighted by molar-refractivity contribution is 0.112. The number of likely N-dealkylation sites (N-methyl/N-ethyl adjacent to an activating group) is 1. The van der Waals surface area contributed by atoms with E-state index in [1.165, 1.54) is 30.6 Å². The van der Waals surface area contributed by atoms with Crippen LogP contribution in [0.2, 0.25) is 0 Å². The molecule has 1 aliphatic carbocycles. The summed E-state index contributed by atoms with van der Waals surface area (Å²) in [6, 6.07) is 1.95. The van der Waals surface area contributed by atoms with Gasteiger partial charge in [-0.25, -0.2) is 9.98 Å². The normalized spacial score (nSPS) is 17.3. The van der Waals surface area contributed by atoms with E-state index < -0.39 is 0 Å². The van der Waals surface area contributed by atoms with Crippen LogP contribution in [0.4, 0.5) is 11.4 Å². The highest BCUT2D eigenvalue weighted by Crippen LogP contribution is 2.40. The minimum atomic E-state index is 0.607. The standard InChI is InChI=1S/C21H26N4OS.C2H6/c1-24(2)17-12-13-22-21-19(17)20(18(14-26)27-21)23-15-25(3)16-10-8-6-4-5-7-9-11-16;1-2/h8,10-15H,4-7,9H2,1-3H3;1-2H3/b10-8-,16-11+,23-15?;. The van der Waals surface area contributed by atoms with E-state index in [1.807, 2.05) is 50.9 Å². The molecule has 2 aromatic rings. The van der Waals surface area contributed by atoms with Gasteiger partial charge < -0.3 is 9.80 Å². The second-order valence-corrected chi connectivity index (χ2v) is 7.89. The lowest BCUT2D eigenvalue weighted by atomic mass is 10.1. The summed E-state index contributed by atoms with van der Waals surface area (Å²) in [5, 5.41) is 0.929. The van der Waals surface area contributed by atoms with Gasteiger partial charge in [-0.1, -0.05) is 32.4 Å². The molecule has 0 saturated carbocycles. The Kier molecular flexibility index (Phi) is 9.06. The van der Waals surface area contributed by atoms with E-state index in [0.717, 1.165) is 40.7 Å². The molecule has 2 heterocycles. The summed E-state index contributed by atoms with van der Waals surface area (Å²) in [5.74, 6) is 0. The topological polar surface area (TPSA) is 48.8 Å². The fraction of sp³-hybridized carbons (Fsp3) is 0.435. The highest BCUT2D eigenvalue weighted by Gasteiger charge is 2.16. The number of aliphatic imine (C=N–C) groups is 1. The summed E-state index contributed by atoms with van der Waals surface area (Å²) >= 11 is 1.38. The Morgan fingerprint density at radius 2 is 1.90 bits per heavy atom. The van der Waals surface area contributed by atoms with Crippen LogP contribution in [0.15, 0.2) is 41.2 Å². The molecule has 0 aliphatic heterocycles. The van der Waals surface area contributed by atoms with Crippen molar-refractivity contribution in [1.29, 1.82) is 0 Å². The smallest absolute Gasteiger partial charge is 0.162 e. The van der Waals surface area contributed by atoms with Crippen molar-refractivity contribution in [3.8, 4) is 0 Å². The van der Waals surface area contributed by atoms with E-state index in [0.29, 0.717) is 10.6 Å². The minimum Gasteiger partial charge on any atom is -0.377 e. The molecular formula is C23H32N4OS. The van der Waals surface area contributed by atoms with Crippen LogP contribution in [0, 0.1) is 0 Å². The number of anilines is 1. The molecule has 0 radical (unpaired) electrons. The first-order chi connectivity index (χ1) is 14.1. The van der Waals surface area contributed by atoms with Crippen molar-refractivity contribution in [1.82, 2.24) is 9.88 Å². The molecule has 0 saturated heterocycles. The van der Waals surface area contributed by atoms with Gasteiger partial charge in [0.2, 0.25) is 0 Å². The molecule has 29 heavy (non-hydrogen) atoms. The van der Waals surface area contributed by atoms with Gasteiger partial charge in [-0.2, -0.15) is 0 Å². The quantitative estimate of drug-likeness (QED) is 0.333. The molecule has 5 nitrogen and oxygen atoms in total. The maximum Gasteiger partial charge on any atom is 0.162 e. The molecule has 0 atom stereocenters. The van der Waals surface area contributed by atoms with Crippen LogP contribution < -0.4 is 4.90 Å². The fourth-order valence-corrected chi connectivity index (χ4v) is 4.09. The van der Waals surface area contributed by atoms with E-state index in [4.69, 9.17) is 4.99 Å². The van der Waals surface area contributed by atoms with Gasteiger partial charge in [-0.05, 0) is 37.8 Å². The lowest BCUT2D eigenvalue weighted by Crippen LogP contribution is -2.14. The highest BCUT2D eigenvalue weighted by atomic mass is 32.1. The van der Waals surface area contributed by atoms with Crippen molar-refractivity contribution in [2.75, 3.05) is 26.0 Å². The molecule has 0 spiro atoms. The zero-order valence-electron chi connectivity index (χ0n) is 18.2. The number of aromatic nitrogens is 1. The molecule has 0 bridgehead atoms. The van der Waals surface area contributed by atoms with Crippen molar-refractivity contribution in [2.24, 2.45) is 4.99 Å². The second kappa shape index (κ2) is 11.5. The number of hydrogen-bond donors (Lipinski definition) is 0. The molecule has 0 N–H and O–H groups in total. The Morgan fingerprint density at radius 3 is 2.62 bits per heavy atom. The van der Waals surface area contributed by atoms with Gasteiger partial charge in [-0.15, -0.1) is 11.3 Å². The zero-order chi connectivity index (χ0) is 21.2. The molecule has 3 rings (SSSR count). The number of rotatable bonds is 5. The Morgan fingerprint density at radius 1 is 1.14 bits per heavy atom. The number of carbonyl (C=O) groups is 1. The molecule has 6 heteroatoms. The molecular weight excluding hydrogens is 380 g/mol. The third-order valence-corrected chi connectivity index (χ3v) is 5.66. The van der Waals surface area contributed by atoms with E-state index in [9.17, 15) is 4.79 Å². The van der Waals surface area contributed by atoms with Gasteiger partial charge in [0, 0.05) is 33.0 Å². The summed E-state index contributed by atoms with van der Waals surface area (Å²) in [4.78, 5) is 26.2. The average molecular weight is 413 g/mol. The summed E-state index contributed by atoms with van der Waals surface area (Å²) in [7, 11) is 5.97. The molecule has 0 unspecified atom stereocenters. The summed E-state index contributed by atoms with van der Waals surface area (Å²) in [5.41, 5.74) is 2.85. The number of allylic oxidation sites excluding steroid dienone is 3. The molecule has 2 aromatic heterocycles. The zero-order valence-corrected chi connectivity index (χ0v) is 19.0. The number of hydrogen-bond acceptors (Lipinski definition) is 5. The first-order valence-electron chi connectivity index (χ1n) is 10.3. The van der Waals surface area contributed by atoms with Crippen molar-refractivity contribution in [3.63, 3.8) is 0 Å². The van der Waals surface area contributed by atoms with Crippen molar-refractivity contribution in [2.45, 2.75) is 46.0 Å². The van der Waals surface area contributed by atoms with Crippen LogP contribution in [0.1, 0.15) is 55.6 Å². The Labute approximate surface area is 178 Å². The van der Waals surface area contributed by atoms with Crippen molar-refractivity contribution < 1.29 is 4.79 Å². The summed E-state index contributed by atoms with van der Waals surface area (Å²) in [6.07, 6.45) is 17.0. The van der Waals surface area contributed by atoms with Crippen LogP contribution in [-0.4, -0.2) is 43.7 Å². The van der Waals surface area contributed by atoms with Gasteiger partial charge in [0.05, 0.1) is 28.0 Å². The minimum absolute atomic E-state index is 0.607. The number of nitrogens with zero attached hydrogens (tertiary/aromatic N) is 4. The summed E-state index contributed by atoms with van der Waals surface area (Å²) in [6.45, 7) is 4.00. The monoisotopic (exact) mass is 412 g/mol. The number of thiophene rings is 1. The number of fused-ring (bicyclic) bond motifs is 1. The van der Waals surface area contributed by atoms with Crippen LogP contribution in [0.5, 0.6) is 0 Å². The van der Waals surface area contributed by atoms with E-state index in [1.54, 1.807) is 12.5 Å². The Bertz CT molecular complexity index is 896. The van der Waals surface area contributed by atoms with Gasteiger partial charge in [0.25, 0.3) is 0 Å². The van der Waals surface area contributed by atoms with E-state index in [-0.39, 0.29) is 0 Å². The number of carbonyl (C=O) groups excluding carboxylic acids is 1. The fourth-order valence-electron chi connectivity index (χ4n) is 3.17. The molecule has 0 fully saturated rings. The van der Waals surface area contributed by atoms with Crippen molar-refractivity contribution >= 4 is 45.6 Å². The van der Waals surface area contributed by atoms with Crippen LogP contribution in [0.3, 0.4) is 0 Å². The predicted octanol–water partition coefficient (Wildman–Crippen LogP) is 6.20. The van der Waals surface area contributed by atoms with Gasteiger partial charge in [0.1, 0.15) is 4.83 Å². The van der Waals surface area contributed by atoms with Gasteiger partial charge >= 0.3 is 0 Å². The highest BCUT2D eigenvalue weighted by molar-refractivity contribution is 7.21.